The third-order valence-corrected chi connectivity index (χ3v) is 6.10. The fourth-order valence-electron chi connectivity index (χ4n) is 4.39. The zero-order chi connectivity index (χ0) is 24.6. The number of hydrogen-bond acceptors (Lipinski definition) is 7. The predicted octanol–water partition coefficient (Wildman–Crippen LogP) is 3.10. The van der Waals surface area contributed by atoms with Crippen molar-refractivity contribution < 1.29 is 9.84 Å². The van der Waals surface area contributed by atoms with E-state index in [0.29, 0.717) is 31.8 Å². The van der Waals surface area contributed by atoms with Crippen molar-refractivity contribution in [3.05, 3.63) is 81.9 Å². The number of aliphatic hydroxyl groups excluding tert-OH is 1. The molecule has 0 aliphatic carbocycles. The zero-order valence-corrected chi connectivity index (χ0v) is 20.2. The van der Waals surface area contributed by atoms with E-state index in [1.54, 1.807) is 0 Å². The van der Waals surface area contributed by atoms with E-state index in [4.69, 9.17) is 4.74 Å². The number of rotatable bonds is 12. The minimum atomic E-state index is -0.155. The van der Waals surface area contributed by atoms with Crippen molar-refractivity contribution in [2.45, 2.75) is 45.8 Å². The number of tetrazole rings is 1. The Kier molecular flexibility index (Phi) is 8.23. The van der Waals surface area contributed by atoms with Crippen LogP contribution in [0, 0.1) is 0 Å². The standard InChI is InChI=1S/C26H32N6O3/c1-3-24(25-28-29-30-32(25)13-12-19-8-6-5-7-9-19)31(14-15-33)18-21-16-20-17-22(35-4-2)10-11-23(20)27-26(21)34/h5-11,16-17,24,33H,3-4,12-15,18H2,1-2H3,(H,27,34). The van der Waals surface area contributed by atoms with E-state index in [1.807, 2.05) is 54.1 Å². The van der Waals surface area contributed by atoms with Crippen molar-refractivity contribution in [1.82, 2.24) is 30.1 Å². The number of H-pyrrole nitrogens is 1. The number of fused-ring (bicyclic) bond motifs is 1. The molecule has 35 heavy (non-hydrogen) atoms. The van der Waals surface area contributed by atoms with Crippen LogP contribution in [0.1, 0.15) is 43.3 Å². The molecule has 0 saturated carbocycles. The average Bonchev–Trinajstić information content (AvgIpc) is 3.33. The van der Waals surface area contributed by atoms with Gasteiger partial charge in [-0.25, -0.2) is 4.68 Å². The molecule has 0 saturated heterocycles. The lowest BCUT2D eigenvalue weighted by molar-refractivity contribution is 0.131. The van der Waals surface area contributed by atoms with Gasteiger partial charge in [-0.15, -0.1) is 5.10 Å². The summed E-state index contributed by atoms with van der Waals surface area (Å²) in [5.74, 6) is 1.49. The lowest BCUT2D eigenvalue weighted by Crippen LogP contribution is -2.34. The van der Waals surface area contributed by atoms with Crippen molar-refractivity contribution >= 4 is 10.9 Å². The van der Waals surface area contributed by atoms with Crippen LogP contribution >= 0.6 is 0 Å². The van der Waals surface area contributed by atoms with Gasteiger partial charge in [-0.1, -0.05) is 37.3 Å². The first-order valence-electron chi connectivity index (χ1n) is 12.1. The summed E-state index contributed by atoms with van der Waals surface area (Å²) in [4.78, 5) is 17.9. The lowest BCUT2D eigenvalue weighted by atomic mass is 10.1. The van der Waals surface area contributed by atoms with Gasteiger partial charge in [0.2, 0.25) is 0 Å². The maximum absolute atomic E-state index is 12.9. The molecular formula is C26H32N6O3. The number of aryl methyl sites for hydroxylation is 2. The monoisotopic (exact) mass is 476 g/mol. The number of ether oxygens (including phenoxy) is 1. The van der Waals surface area contributed by atoms with Gasteiger partial charge in [0.1, 0.15) is 5.75 Å². The first-order chi connectivity index (χ1) is 17.1. The van der Waals surface area contributed by atoms with Gasteiger partial charge >= 0.3 is 0 Å². The smallest absolute Gasteiger partial charge is 0.252 e. The highest BCUT2D eigenvalue weighted by Crippen LogP contribution is 2.25. The Balaban J connectivity index is 1.59. The fraction of sp³-hybridized carbons (Fsp3) is 0.385. The van der Waals surface area contributed by atoms with Gasteiger partial charge in [-0.2, -0.15) is 0 Å². The van der Waals surface area contributed by atoms with Crippen LogP contribution in [0.3, 0.4) is 0 Å². The normalized spacial score (nSPS) is 12.3. The van der Waals surface area contributed by atoms with Crippen LogP contribution in [0.2, 0.25) is 0 Å². The number of hydrogen-bond donors (Lipinski definition) is 2. The van der Waals surface area contributed by atoms with Crippen molar-refractivity contribution in [2.24, 2.45) is 0 Å². The van der Waals surface area contributed by atoms with Crippen molar-refractivity contribution in [1.29, 1.82) is 0 Å². The van der Waals surface area contributed by atoms with Crippen LogP contribution in [0.15, 0.2) is 59.4 Å². The van der Waals surface area contributed by atoms with Gasteiger partial charge in [0, 0.05) is 36.1 Å². The molecule has 0 fully saturated rings. The third-order valence-electron chi connectivity index (χ3n) is 6.10. The third kappa shape index (κ3) is 5.93. The molecule has 1 atom stereocenters. The van der Waals surface area contributed by atoms with Crippen molar-refractivity contribution in [3.63, 3.8) is 0 Å². The van der Waals surface area contributed by atoms with Crippen molar-refractivity contribution in [2.75, 3.05) is 19.8 Å². The molecule has 0 amide bonds. The van der Waals surface area contributed by atoms with Crippen LogP contribution in [-0.2, 0) is 19.5 Å². The Bertz CT molecular complexity index is 1290. The molecule has 184 valence electrons. The number of aromatic amines is 1. The Hall–Kier alpha value is -3.56. The zero-order valence-electron chi connectivity index (χ0n) is 20.2. The molecule has 0 aliphatic heterocycles. The molecule has 0 spiro atoms. The minimum Gasteiger partial charge on any atom is -0.494 e. The van der Waals surface area contributed by atoms with Crippen LogP contribution in [0.25, 0.3) is 10.9 Å². The quantitative estimate of drug-likeness (QED) is 0.323. The van der Waals surface area contributed by atoms with E-state index >= 15 is 0 Å². The highest BCUT2D eigenvalue weighted by Gasteiger charge is 2.25. The second-order valence-electron chi connectivity index (χ2n) is 8.42. The molecule has 0 bridgehead atoms. The van der Waals surface area contributed by atoms with Crippen LogP contribution in [-0.4, -0.2) is 55.0 Å². The summed E-state index contributed by atoms with van der Waals surface area (Å²) < 4.78 is 7.44. The van der Waals surface area contributed by atoms with Gasteiger partial charge in [-0.05, 0) is 60.0 Å². The van der Waals surface area contributed by atoms with E-state index in [2.05, 4.69) is 44.5 Å². The summed E-state index contributed by atoms with van der Waals surface area (Å²) in [5.41, 5.74) is 2.43. The molecule has 2 N–H and O–H groups in total. The van der Waals surface area contributed by atoms with E-state index < -0.39 is 0 Å². The van der Waals surface area contributed by atoms with Gasteiger partial charge in [0.15, 0.2) is 5.82 Å². The lowest BCUT2D eigenvalue weighted by Gasteiger charge is -2.29. The molecule has 2 aromatic carbocycles. The van der Waals surface area contributed by atoms with E-state index in [-0.39, 0.29) is 18.2 Å². The Morgan fingerprint density at radius 1 is 1.14 bits per heavy atom. The summed E-state index contributed by atoms with van der Waals surface area (Å²) in [6.07, 6.45) is 1.54. The Labute approximate surface area is 204 Å². The molecule has 4 rings (SSSR count). The van der Waals surface area contributed by atoms with Gasteiger partial charge in [0.25, 0.3) is 5.56 Å². The summed E-state index contributed by atoms with van der Waals surface area (Å²) in [7, 11) is 0. The summed E-state index contributed by atoms with van der Waals surface area (Å²) in [6, 6.07) is 17.6. The number of nitrogens with zero attached hydrogens (tertiary/aromatic N) is 5. The summed E-state index contributed by atoms with van der Waals surface area (Å²) in [6.45, 7) is 5.92. The van der Waals surface area contributed by atoms with Gasteiger partial charge in [0.05, 0.1) is 19.3 Å². The van der Waals surface area contributed by atoms with E-state index in [0.717, 1.165) is 35.3 Å². The second-order valence-corrected chi connectivity index (χ2v) is 8.42. The highest BCUT2D eigenvalue weighted by molar-refractivity contribution is 5.80. The van der Waals surface area contributed by atoms with Gasteiger partial charge in [-0.3, -0.25) is 9.69 Å². The van der Waals surface area contributed by atoms with Crippen LogP contribution in [0.5, 0.6) is 5.75 Å². The van der Waals surface area contributed by atoms with Crippen LogP contribution in [0.4, 0.5) is 0 Å². The number of benzene rings is 2. The molecular weight excluding hydrogens is 444 g/mol. The number of nitrogens with one attached hydrogen (secondary N) is 1. The summed E-state index contributed by atoms with van der Waals surface area (Å²) in [5, 5.41) is 23.2. The Morgan fingerprint density at radius 2 is 1.97 bits per heavy atom. The summed E-state index contributed by atoms with van der Waals surface area (Å²) >= 11 is 0. The molecule has 2 heterocycles. The number of pyridine rings is 1. The highest BCUT2D eigenvalue weighted by atomic mass is 16.5. The first kappa shape index (κ1) is 24.6. The van der Waals surface area contributed by atoms with E-state index in [1.165, 1.54) is 5.56 Å². The molecule has 1 unspecified atom stereocenters. The average molecular weight is 477 g/mol. The molecule has 4 aromatic rings. The second kappa shape index (κ2) is 11.7. The minimum absolute atomic E-state index is 0.0396. The van der Waals surface area contributed by atoms with Gasteiger partial charge < -0.3 is 14.8 Å². The molecule has 9 nitrogen and oxygen atoms in total. The fourth-order valence-corrected chi connectivity index (χ4v) is 4.39. The largest absolute Gasteiger partial charge is 0.494 e. The SMILES string of the molecule is CCOc1ccc2[nH]c(=O)c(CN(CCO)C(CC)c3nnnn3CCc3ccccc3)cc2c1. The maximum atomic E-state index is 12.9. The number of aromatic nitrogens is 5. The van der Waals surface area contributed by atoms with Crippen molar-refractivity contribution in [3.8, 4) is 5.75 Å². The Morgan fingerprint density at radius 3 is 2.71 bits per heavy atom. The molecule has 0 radical (unpaired) electrons. The van der Waals surface area contributed by atoms with E-state index in [9.17, 15) is 9.90 Å². The predicted molar refractivity (Wildman–Crippen MR) is 134 cm³/mol. The number of aliphatic hydroxyl groups is 1. The van der Waals surface area contributed by atoms with Crippen LogP contribution < -0.4 is 10.3 Å². The molecule has 0 aliphatic rings. The maximum Gasteiger partial charge on any atom is 0.252 e. The topological polar surface area (TPSA) is 109 Å². The molecule has 2 aromatic heterocycles. The first-order valence-corrected chi connectivity index (χ1v) is 12.1. The molecule has 9 heteroatoms.